The first kappa shape index (κ1) is 60.7. The smallest absolute Gasteiger partial charge is 0.339 e. The number of sulfone groups is 1. The molecule has 0 aliphatic carbocycles. The number of carbonyl (C=O) groups is 2. The van der Waals surface area contributed by atoms with Crippen LogP contribution in [-0.2, 0) is 28.8 Å². The average molecular weight is 978 g/mol. The van der Waals surface area contributed by atoms with Crippen LogP contribution < -0.4 is 5.32 Å². The molecular formula is C42H76Cl2N5O10S3+. The molecule has 62 heavy (non-hydrogen) atoms. The lowest BCUT2D eigenvalue weighted by Gasteiger charge is -2.25. The van der Waals surface area contributed by atoms with E-state index in [0.29, 0.717) is 43.1 Å². The maximum atomic E-state index is 11.7. The van der Waals surface area contributed by atoms with E-state index in [-0.39, 0.29) is 49.2 Å². The summed E-state index contributed by atoms with van der Waals surface area (Å²) in [5, 5.41) is 32.1. The first-order valence-electron chi connectivity index (χ1n) is 21.5. The predicted octanol–water partition coefficient (Wildman–Crippen LogP) is 4.86. The number of pyridine rings is 1. The van der Waals surface area contributed by atoms with Crippen LogP contribution >= 0.6 is 46.4 Å². The molecule has 6 unspecified atom stereocenters. The molecule has 1 aromatic heterocycles. The van der Waals surface area contributed by atoms with E-state index in [0.717, 1.165) is 81.1 Å². The van der Waals surface area contributed by atoms with Crippen molar-refractivity contribution in [1.82, 2.24) is 15.2 Å². The summed E-state index contributed by atoms with van der Waals surface area (Å²) in [4.78, 5) is 31.5. The fourth-order valence-electron chi connectivity index (χ4n) is 6.48. The molecule has 5 heterocycles. The number of aromatic nitrogens is 1. The third-order valence-corrected chi connectivity index (χ3v) is 14.9. The highest BCUT2D eigenvalue weighted by Crippen LogP contribution is 2.39. The van der Waals surface area contributed by atoms with Crippen molar-refractivity contribution in [3.05, 3.63) is 41.5 Å². The van der Waals surface area contributed by atoms with Crippen LogP contribution in [0.2, 0.25) is 0 Å². The molecule has 20 heteroatoms. The second-order valence-corrected chi connectivity index (χ2v) is 21.8. The number of ketones is 1. The number of carbonyl (C=O) groups excluding carboxylic acids is 2. The van der Waals surface area contributed by atoms with Crippen molar-refractivity contribution in [1.29, 1.82) is 0 Å². The number of quaternary nitrogens is 1. The summed E-state index contributed by atoms with van der Waals surface area (Å²) in [5.41, 5.74) is 0.499. The molecule has 6 atom stereocenters. The van der Waals surface area contributed by atoms with Crippen molar-refractivity contribution in [2.75, 3.05) is 97.4 Å². The number of ether oxygens (including phenoxy) is 3. The molecule has 1 aromatic rings. The molecule has 4 saturated heterocycles. The zero-order valence-electron chi connectivity index (χ0n) is 37.3. The number of Topliss-reactive ketones (excluding diaryl/α,β-unsaturated/α-hetero) is 1. The third kappa shape index (κ3) is 29.3. The van der Waals surface area contributed by atoms with Crippen LogP contribution in [0, 0.1) is 6.57 Å². The first-order chi connectivity index (χ1) is 28.6. The highest BCUT2D eigenvalue weighted by molar-refractivity contribution is 8.77. The van der Waals surface area contributed by atoms with Gasteiger partial charge in [-0.05, 0) is 103 Å². The lowest BCUT2D eigenvalue weighted by molar-refractivity contribution is -0.870. The van der Waals surface area contributed by atoms with Crippen LogP contribution in [0.15, 0.2) is 24.5 Å². The molecule has 0 radical (unpaired) electrons. The van der Waals surface area contributed by atoms with Gasteiger partial charge >= 0.3 is 5.97 Å². The van der Waals surface area contributed by atoms with E-state index in [9.17, 15) is 33.3 Å². The molecule has 15 nitrogen and oxygen atoms in total. The van der Waals surface area contributed by atoms with Crippen molar-refractivity contribution < 1.29 is 52.0 Å². The van der Waals surface area contributed by atoms with Gasteiger partial charge in [0.2, 0.25) is 6.54 Å². The van der Waals surface area contributed by atoms with E-state index < -0.39 is 34.4 Å². The fourth-order valence-corrected chi connectivity index (χ4v) is 10.9. The Bertz CT molecular complexity index is 1460. The number of unbranched alkanes of at least 4 members (excludes halogenated alkanes) is 2. The molecule has 0 saturated carbocycles. The summed E-state index contributed by atoms with van der Waals surface area (Å²) in [6.45, 7) is 15.2. The number of rotatable bonds is 20. The molecule has 4 aliphatic heterocycles. The molecular weight excluding hydrogens is 902 g/mol. The molecule has 360 valence electrons. The summed E-state index contributed by atoms with van der Waals surface area (Å²) >= 11 is 0. The SMILES string of the molecule is CC(=O)CCCCC1CCSS1.C[N+](C)(C)CCOC(=O)c1cccnc1.Cl.Cl.OC1OC(COC2CCCNC2)C(O)C1O.[C-]#[N+]CCCCS(=O)(=O)CCCN1CCCC1. The van der Waals surface area contributed by atoms with Crippen molar-refractivity contribution in [2.24, 2.45) is 0 Å². The quantitative estimate of drug-likeness (QED) is 0.0456. The second-order valence-electron chi connectivity index (χ2n) is 16.7. The van der Waals surface area contributed by atoms with Gasteiger partial charge in [0, 0.05) is 42.8 Å². The van der Waals surface area contributed by atoms with Gasteiger partial charge in [-0.15, -0.1) is 24.8 Å². The van der Waals surface area contributed by atoms with Gasteiger partial charge < -0.3 is 53.9 Å². The van der Waals surface area contributed by atoms with Gasteiger partial charge in [-0.25, -0.2) is 19.8 Å². The summed E-state index contributed by atoms with van der Waals surface area (Å²) in [5.74, 6) is 1.91. The minimum absolute atomic E-state index is 0. The van der Waals surface area contributed by atoms with Gasteiger partial charge in [0.1, 0.15) is 47.1 Å². The van der Waals surface area contributed by atoms with Crippen LogP contribution in [0.1, 0.15) is 94.3 Å². The van der Waals surface area contributed by atoms with E-state index >= 15 is 0 Å². The lowest BCUT2D eigenvalue weighted by Crippen LogP contribution is -2.39. The number of halogens is 2. The summed E-state index contributed by atoms with van der Waals surface area (Å²) in [6, 6.07) is 3.41. The van der Waals surface area contributed by atoms with Crippen molar-refractivity contribution in [3.8, 4) is 0 Å². The number of aliphatic hydroxyl groups is 3. The molecule has 0 aromatic carbocycles. The lowest BCUT2D eigenvalue weighted by atomic mass is 10.1. The van der Waals surface area contributed by atoms with Gasteiger partial charge in [0.25, 0.3) is 0 Å². The Labute approximate surface area is 392 Å². The topological polar surface area (TPSA) is 189 Å². The number of nitrogens with one attached hydrogen (secondary N) is 1. The van der Waals surface area contributed by atoms with Crippen LogP contribution in [0.5, 0.6) is 0 Å². The van der Waals surface area contributed by atoms with E-state index in [4.69, 9.17) is 20.8 Å². The Morgan fingerprint density at radius 1 is 1.03 bits per heavy atom. The predicted molar refractivity (Wildman–Crippen MR) is 254 cm³/mol. The molecule has 0 bridgehead atoms. The first-order valence-corrected chi connectivity index (χ1v) is 25.7. The monoisotopic (exact) mass is 976 g/mol. The standard InChI is InChI=1S/C12H22N2O2S.C11H17N2O2.C10H19NO5.C9H16OS2.2ClH/c1-13-7-2-5-11-17(15,16)12-6-10-14-8-3-4-9-14;1-13(2,3)7-8-15-11(14)10-5-4-6-12-9-10;12-8-7(16-10(14)9(8)13)5-15-6-2-1-3-11-4-6;1-8(10)4-2-3-5-9-6-7-11-12-9;;/h2-12H2;4-6,9H,7-8H2,1-3H3;6-14H,1-5H2;9H,2-7H2,1H3;2*1H/q;+1;;;;. The number of hydrogen-bond donors (Lipinski definition) is 4. The van der Waals surface area contributed by atoms with Crippen molar-refractivity contribution in [2.45, 2.75) is 120 Å². The third-order valence-electron chi connectivity index (χ3n) is 10.1. The zero-order chi connectivity index (χ0) is 44.2. The zero-order valence-corrected chi connectivity index (χ0v) is 41.4. The Morgan fingerprint density at radius 2 is 1.76 bits per heavy atom. The van der Waals surface area contributed by atoms with E-state index in [2.05, 4.69) is 41.2 Å². The molecule has 4 fully saturated rings. The van der Waals surface area contributed by atoms with Crippen LogP contribution in [0.25, 0.3) is 4.85 Å². The maximum Gasteiger partial charge on any atom is 0.339 e. The van der Waals surface area contributed by atoms with Crippen molar-refractivity contribution >= 4 is 68.0 Å². The Morgan fingerprint density at radius 3 is 2.32 bits per heavy atom. The minimum Gasteiger partial charge on any atom is -0.456 e. The largest absolute Gasteiger partial charge is 0.456 e. The number of hydrogen-bond acceptors (Lipinski definition) is 15. The summed E-state index contributed by atoms with van der Waals surface area (Å²) < 4.78 is 39.8. The Balaban J connectivity index is 0.000000797. The van der Waals surface area contributed by atoms with Crippen LogP contribution in [0.3, 0.4) is 0 Å². The Kier molecular flexibility index (Phi) is 34.2. The number of aliphatic hydroxyl groups excluding tert-OH is 3. The van der Waals surface area contributed by atoms with E-state index in [1.54, 1.807) is 25.3 Å². The molecule has 0 spiro atoms. The number of nitrogens with zero attached hydrogens (tertiary/aromatic N) is 4. The minimum atomic E-state index is -2.88. The van der Waals surface area contributed by atoms with Crippen LogP contribution in [0.4, 0.5) is 0 Å². The number of likely N-dealkylation sites (N-methyl/N-ethyl adjacent to an activating group) is 1. The van der Waals surface area contributed by atoms with Gasteiger partial charge in [0.05, 0.1) is 50.9 Å². The number of piperidine rings is 1. The number of esters is 1. The van der Waals surface area contributed by atoms with Gasteiger partial charge in [-0.3, -0.25) is 4.98 Å². The summed E-state index contributed by atoms with van der Waals surface area (Å²) in [6.07, 6.45) is 11.4. The highest BCUT2D eigenvalue weighted by Gasteiger charge is 2.42. The molecule has 0 amide bonds. The fraction of sp³-hybridized carbons (Fsp3) is 0.810. The Hall–Kier alpha value is -1.31. The van der Waals surface area contributed by atoms with Gasteiger partial charge in [0.15, 0.2) is 6.29 Å². The van der Waals surface area contributed by atoms with E-state index in [1.807, 2.05) is 21.6 Å². The normalized spacial score (nSPS) is 23.4. The molecule has 5 rings (SSSR count). The number of likely N-dealkylation sites (tertiary alicyclic amines) is 1. The molecule has 4 aliphatic rings. The second kappa shape index (κ2) is 35.0. The summed E-state index contributed by atoms with van der Waals surface area (Å²) in [7, 11) is 7.31. The van der Waals surface area contributed by atoms with Gasteiger partial charge in [-0.1, -0.05) is 28.0 Å². The van der Waals surface area contributed by atoms with E-state index in [1.165, 1.54) is 44.1 Å². The molecule has 4 N–H and O–H groups in total. The van der Waals surface area contributed by atoms with Crippen LogP contribution in [-0.4, -0.2) is 183 Å². The maximum absolute atomic E-state index is 11.7. The van der Waals surface area contributed by atoms with Gasteiger partial charge in [-0.2, -0.15) is 0 Å². The highest BCUT2D eigenvalue weighted by atomic mass is 35.5. The average Bonchev–Trinajstić information content (AvgIpc) is 3.99. The van der Waals surface area contributed by atoms with Crippen molar-refractivity contribution in [3.63, 3.8) is 0 Å².